The van der Waals surface area contributed by atoms with E-state index in [-0.39, 0.29) is 10.9 Å². The number of carbonyl (C=O) groups is 1. The average Bonchev–Trinajstić information content (AvgIpc) is 2.93. The number of benzene rings is 1. The summed E-state index contributed by atoms with van der Waals surface area (Å²) in [6.07, 6.45) is 3.15. The van der Waals surface area contributed by atoms with Gasteiger partial charge in [0.05, 0.1) is 5.02 Å². The highest BCUT2D eigenvalue weighted by atomic mass is 35.5. The second-order valence-corrected chi connectivity index (χ2v) is 5.58. The molecule has 20 heavy (non-hydrogen) atoms. The molecule has 3 nitrogen and oxygen atoms in total. The minimum Gasteiger partial charge on any atom is -0.337 e. The number of nitrogens with zero attached hydrogens (tertiary/aromatic N) is 1. The molecule has 1 amide bonds. The smallest absolute Gasteiger partial charge is 0.253 e. The quantitative estimate of drug-likeness (QED) is 0.906. The molecule has 1 atom stereocenters. The Kier molecular flexibility index (Phi) is 5.38. The maximum absolute atomic E-state index is 13.2. The molecule has 5 heteroatoms. The minimum absolute atomic E-state index is 0.00806. The van der Waals surface area contributed by atoms with E-state index in [1.807, 2.05) is 11.8 Å². The van der Waals surface area contributed by atoms with Crippen LogP contribution in [0, 0.1) is 5.82 Å². The maximum Gasteiger partial charge on any atom is 0.253 e. The van der Waals surface area contributed by atoms with Crippen LogP contribution in [-0.2, 0) is 0 Å². The van der Waals surface area contributed by atoms with Gasteiger partial charge in [-0.05, 0) is 44.0 Å². The molecule has 0 bridgehead atoms. The van der Waals surface area contributed by atoms with E-state index in [1.54, 1.807) is 0 Å². The lowest BCUT2D eigenvalue weighted by Crippen LogP contribution is -2.41. The summed E-state index contributed by atoms with van der Waals surface area (Å²) in [5, 5.41) is 3.38. The highest BCUT2D eigenvalue weighted by Crippen LogP contribution is 2.18. The van der Waals surface area contributed by atoms with Crippen molar-refractivity contribution in [2.24, 2.45) is 0 Å². The van der Waals surface area contributed by atoms with Crippen molar-refractivity contribution < 1.29 is 9.18 Å². The van der Waals surface area contributed by atoms with Gasteiger partial charge in [0.1, 0.15) is 5.82 Å². The zero-order valence-electron chi connectivity index (χ0n) is 11.7. The summed E-state index contributed by atoms with van der Waals surface area (Å²) >= 11 is 5.75. The molecule has 1 N–H and O–H groups in total. The van der Waals surface area contributed by atoms with Crippen LogP contribution in [-0.4, -0.2) is 36.5 Å². The van der Waals surface area contributed by atoms with Crippen LogP contribution in [0.25, 0.3) is 0 Å². The van der Waals surface area contributed by atoms with E-state index in [0.29, 0.717) is 24.7 Å². The van der Waals surface area contributed by atoms with Crippen LogP contribution >= 0.6 is 11.6 Å². The molecule has 1 saturated heterocycles. The topological polar surface area (TPSA) is 32.3 Å². The summed E-state index contributed by atoms with van der Waals surface area (Å²) in [7, 11) is 0. The summed E-state index contributed by atoms with van der Waals surface area (Å²) in [5.74, 6) is -0.579. The van der Waals surface area contributed by atoms with Gasteiger partial charge in [-0.1, -0.05) is 18.5 Å². The highest BCUT2D eigenvalue weighted by molar-refractivity contribution is 6.31. The van der Waals surface area contributed by atoms with Gasteiger partial charge < -0.3 is 10.2 Å². The van der Waals surface area contributed by atoms with Crippen LogP contribution in [0.4, 0.5) is 4.39 Å². The van der Waals surface area contributed by atoms with E-state index in [1.165, 1.54) is 18.2 Å². The average molecular weight is 299 g/mol. The normalized spacial score (nSPS) is 18.2. The Morgan fingerprint density at radius 2 is 2.35 bits per heavy atom. The molecule has 0 radical (unpaired) electrons. The van der Waals surface area contributed by atoms with Crippen molar-refractivity contribution in [2.75, 3.05) is 19.6 Å². The van der Waals surface area contributed by atoms with Gasteiger partial charge >= 0.3 is 0 Å². The SMILES string of the molecule is CCCN(CC1CCCN1)C(=O)c1ccc(F)c(Cl)c1. The Balaban J connectivity index is 2.10. The minimum atomic E-state index is -0.497. The Bertz CT molecular complexity index is 475. The molecular weight excluding hydrogens is 279 g/mol. The second kappa shape index (κ2) is 7.04. The monoisotopic (exact) mass is 298 g/mol. The Hall–Kier alpha value is -1.13. The predicted octanol–water partition coefficient (Wildman–Crippen LogP) is 3.08. The maximum atomic E-state index is 13.2. The summed E-state index contributed by atoms with van der Waals surface area (Å²) in [6.45, 7) is 4.45. The first-order chi connectivity index (χ1) is 9.61. The van der Waals surface area contributed by atoms with Crippen LogP contribution in [0.2, 0.25) is 5.02 Å². The number of rotatable bonds is 5. The molecule has 1 aromatic carbocycles. The molecule has 1 heterocycles. The Morgan fingerprint density at radius 1 is 1.55 bits per heavy atom. The zero-order chi connectivity index (χ0) is 14.5. The lowest BCUT2D eigenvalue weighted by Gasteiger charge is -2.25. The molecule has 0 spiro atoms. The van der Waals surface area contributed by atoms with E-state index >= 15 is 0 Å². The number of hydrogen-bond donors (Lipinski definition) is 1. The molecule has 1 unspecified atom stereocenters. The lowest BCUT2D eigenvalue weighted by atomic mass is 10.1. The number of nitrogens with one attached hydrogen (secondary N) is 1. The molecular formula is C15H20ClFN2O. The van der Waals surface area contributed by atoms with Crippen LogP contribution in [0.1, 0.15) is 36.5 Å². The molecule has 110 valence electrons. The first-order valence-corrected chi connectivity index (χ1v) is 7.47. The van der Waals surface area contributed by atoms with Crippen molar-refractivity contribution in [2.45, 2.75) is 32.2 Å². The van der Waals surface area contributed by atoms with Crippen molar-refractivity contribution >= 4 is 17.5 Å². The molecule has 0 aliphatic carbocycles. The van der Waals surface area contributed by atoms with Crippen molar-refractivity contribution in [3.05, 3.63) is 34.6 Å². The van der Waals surface area contributed by atoms with Gasteiger partial charge in [0, 0.05) is 24.7 Å². The van der Waals surface area contributed by atoms with Gasteiger partial charge in [0.2, 0.25) is 0 Å². The summed E-state index contributed by atoms with van der Waals surface area (Å²) in [6, 6.07) is 4.51. The second-order valence-electron chi connectivity index (χ2n) is 5.17. The summed E-state index contributed by atoms with van der Waals surface area (Å²) in [4.78, 5) is 14.3. The number of carbonyl (C=O) groups excluding carboxylic acids is 1. The number of amides is 1. The van der Waals surface area contributed by atoms with E-state index in [0.717, 1.165) is 25.8 Å². The van der Waals surface area contributed by atoms with E-state index in [9.17, 15) is 9.18 Å². The predicted molar refractivity (Wildman–Crippen MR) is 78.6 cm³/mol. The first kappa shape index (κ1) is 15.3. The third-order valence-electron chi connectivity index (χ3n) is 3.55. The van der Waals surface area contributed by atoms with Crippen LogP contribution in [0.5, 0.6) is 0 Å². The van der Waals surface area contributed by atoms with Gasteiger partial charge in [-0.3, -0.25) is 4.79 Å². The summed E-state index contributed by atoms with van der Waals surface area (Å²) < 4.78 is 13.2. The van der Waals surface area contributed by atoms with E-state index < -0.39 is 5.82 Å². The molecule has 0 saturated carbocycles. The van der Waals surface area contributed by atoms with Crippen molar-refractivity contribution in [3.63, 3.8) is 0 Å². The van der Waals surface area contributed by atoms with Gasteiger partial charge in [0.25, 0.3) is 5.91 Å². The third kappa shape index (κ3) is 3.70. The van der Waals surface area contributed by atoms with Crippen molar-refractivity contribution in [3.8, 4) is 0 Å². The van der Waals surface area contributed by atoms with E-state index in [4.69, 9.17) is 11.6 Å². The standard InChI is InChI=1S/C15H20ClFN2O/c1-2-8-19(10-12-4-3-7-18-12)15(20)11-5-6-14(17)13(16)9-11/h5-6,9,12,18H,2-4,7-8,10H2,1H3. The Morgan fingerprint density at radius 3 is 2.95 bits per heavy atom. The fourth-order valence-corrected chi connectivity index (χ4v) is 2.72. The van der Waals surface area contributed by atoms with E-state index in [2.05, 4.69) is 5.32 Å². The van der Waals surface area contributed by atoms with Crippen molar-refractivity contribution in [1.82, 2.24) is 10.2 Å². The lowest BCUT2D eigenvalue weighted by molar-refractivity contribution is 0.0742. The van der Waals surface area contributed by atoms with Gasteiger partial charge in [-0.15, -0.1) is 0 Å². The largest absolute Gasteiger partial charge is 0.337 e. The van der Waals surface area contributed by atoms with Gasteiger partial charge in [-0.2, -0.15) is 0 Å². The molecule has 1 aliphatic rings. The molecule has 0 aromatic heterocycles. The molecule has 1 aliphatic heterocycles. The highest BCUT2D eigenvalue weighted by Gasteiger charge is 2.22. The van der Waals surface area contributed by atoms with Crippen LogP contribution in [0.15, 0.2) is 18.2 Å². The molecule has 1 aromatic rings. The zero-order valence-corrected chi connectivity index (χ0v) is 12.4. The van der Waals surface area contributed by atoms with Gasteiger partial charge in [-0.25, -0.2) is 4.39 Å². The van der Waals surface area contributed by atoms with Crippen LogP contribution in [0.3, 0.4) is 0 Å². The number of hydrogen-bond acceptors (Lipinski definition) is 2. The fourth-order valence-electron chi connectivity index (χ4n) is 2.54. The molecule has 1 fully saturated rings. The summed E-state index contributed by atoms with van der Waals surface area (Å²) in [5.41, 5.74) is 0.447. The van der Waals surface area contributed by atoms with Gasteiger partial charge in [0.15, 0.2) is 0 Å². The van der Waals surface area contributed by atoms with Crippen LogP contribution < -0.4 is 5.32 Å². The van der Waals surface area contributed by atoms with Crippen molar-refractivity contribution in [1.29, 1.82) is 0 Å². The molecule has 2 rings (SSSR count). The first-order valence-electron chi connectivity index (χ1n) is 7.09. The fraction of sp³-hybridized carbons (Fsp3) is 0.533. The third-order valence-corrected chi connectivity index (χ3v) is 3.84. The number of halogens is 2. The Labute approximate surface area is 124 Å².